The Bertz CT molecular complexity index is 1380. The fourth-order valence-electron chi connectivity index (χ4n) is 5.00. The van der Waals surface area contributed by atoms with Crippen molar-refractivity contribution in [1.82, 2.24) is 14.7 Å². The third kappa shape index (κ3) is 5.12. The van der Waals surface area contributed by atoms with E-state index in [4.69, 9.17) is 9.15 Å². The highest BCUT2D eigenvalue weighted by molar-refractivity contribution is 6.09. The van der Waals surface area contributed by atoms with Crippen LogP contribution < -0.4 is 0 Å². The van der Waals surface area contributed by atoms with Gasteiger partial charge in [-0.3, -0.25) is 19.4 Å². The van der Waals surface area contributed by atoms with Gasteiger partial charge in [0.25, 0.3) is 5.91 Å². The minimum atomic E-state index is -1.06. The van der Waals surface area contributed by atoms with Gasteiger partial charge in [0.2, 0.25) is 5.91 Å². The van der Waals surface area contributed by atoms with Crippen molar-refractivity contribution in [1.29, 1.82) is 0 Å². The summed E-state index contributed by atoms with van der Waals surface area (Å²) in [4.78, 5) is 47.0. The van der Waals surface area contributed by atoms with E-state index in [1.54, 1.807) is 16.1 Å². The number of benzene rings is 2. The molecule has 0 aliphatic carbocycles. The van der Waals surface area contributed by atoms with Crippen molar-refractivity contribution in [3.63, 3.8) is 0 Å². The van der Waals surface area contributed by atoms with Crippen LogP contribution in [0.1, 0.15) is 18.9 Å². The van der Waals surface area contributed by atoms with Crippen LogP contribution in [-0.2, 0) is 14.3 Å². The lowest BCUT2D eigenvalue weighted by molar-refractivity contribution is -0.138. The van der Waals surface area contributed by atoms with Gasteiger partial charge in [-0.2, -0.15) is 0 Å². The Hall–Kier alpha value is -4.18. The van der Waals surface area contributed by atoms with Gasteiger partial charge in [-0.05, 0) is 48.6 Å². The highest BCUT2D eigenvalue weighted by Gasteiger charge is 2.34. The zero-order valence-electron chi connectivity index (χ0n) is 21.4. The number of methoxy groups -OCH3 is 1. The first kappa shape index (κ1) is 25.5. The highest BCUT2D eigenvalue weighted by atomic mass is 16.5. The molecule has 10 heteroatoms. The number of carbonyl (C=O) groups excluding carboxylic acids is 3. The number of amides is 3. The fourth-order valence-corrected chi connectivity index (χ4v) is 5.00. The number of aliphatic hydroxyl groups is 1. The highest BCUT2D eigenvalue weighted by Crippen LogP contribution is 2.27. The molecular weight excluding hydrogens is 488 g/mol. The molecule has 1 N–H and O–H groups in total. The van der Waals surface area contributed by atoms with Gasteiger partial charge in [-0.1, -0.05) is 30.3 Å². The molecule has 38 heavy (non-hydrogen) atoms. The van der Waals surface area contributed by atoms with E-state index < -0.39 is 12.2 Å². The number of fused-ring (bicyclic) bond motifs is 1. The fraction of sp³-hybridized carbons (Fsp3) is 0.357. The smallest absolute Gasteiger partial charge is 0.411 e. The molecule has 3 amide bonds. The van der Waals surface area contributed by atoms with E-state index in [9.17, 15) is 19.5 Å². The lowest BCUT2D eigenvalue weighted by Crippen LogP contribution is -2.45. The molecule has 3 aromatic rings. The van der Waals surface area contributed by atoms with E-state index in [1.807, 2.05) is 42.5 Å². The molecule has 5 rings (SSSR count). The van der Waals surface area contributed by atoms with Gasteiger partial charge < -0.3 is 19.2 Å². The van der Waals surface area contributed by atoms with Crippen LogP contribution in [0.2, 0.25) is 0 Å². The first-order valence-electron chi connectivity index (χ1n) is 12.6. The van der Waals surface area contributed by atoms with E-state index in [0.717, 1.165) is 27.7 Å². The zero-order valence-corrected chi connectivity index (χ0v) is 21.4. The van der Waals surface area contributed by atoms with Crippen LogP contribution >= 0.6 is 0 Å². The predicted molar refractivity (Wildman–Crippen MR) is 140 cm³/mol. The summed E-state index contributed by atoms with van der Waals surface area (Å²) in [5, 5.41) is 10.7. The number of ether oxygens (including phenoxy) is 1. The SMILES string of the molecule is COC(=O)N1CN=C(c2ccc(-c3ccc4occc4c3)cc2)N(CC2CCN(C(=O)C(C)O)C2)C(=O)C1. The van der Waals surface area contributed by atoms with Gasteiger partial charge in [-0.25, -0.2) is 9.79 Å². The second kappa shape index (κ2) is 10.7. The van der Waals surface area contributed by atoms with Gasteiger partial charge in [0, 0.05) is 30.6 Å². The van der Waals surface area contributed by atoms with Crippen LogP contribution in [0.5, 0.6) is 0 Å². The number of likely N-dealkylation sites (tertiary alicyclic amines) is 1. The molecule has 0 radical (unpaired) electrons. The Morgan fingerprint density at radius 1 is 1.11 bits per heavy atom. The summed E-state index contributed by atoms with van der Waals surface area (Å²) in [6.45, 7) is 2.59. The van der Waals surface area contributed by atoms with E-state index in [0.29, 0.717) is 31.9 Å². The van der Waals surface area contributed by atoms with Gasteiger partial charge in [0.05, 0.1) is 13.4 Å². The average molecular weight is 519 g/mol. The molecular formula is C28H30N4O6. The number of rotatable bonds is 5. The van der Waals surface area contributed by atoms with Crippen molar-refractivity contribution in [2.75, 3.05) is 40.0 Å². The number of nitrogens with zero attached hydrogens (tertiary/aromatic N) is 4. The number of hydrogen-bond acceptors (Lipinski definition) is 7. The van der Waals surface area contributed by atoms with Crippen LogP contribution in [0.3, 0.4) is 0 Å². The first-order chi connectivity index (χ1) is 18.3. The Morgan fingerprint density at radius 2 is 1.84 bits per heavy atom. The number of carbonyl (C=O) groups is 3. The molecule has 198 valence electrons. The molecule has 2 atom stereocenters. The monoisotopic (exact) mass is 518 g/mol. The standard InChI is InChI=1S/C28H30N4O6/c1-18(33)27(35)30-11-9-19(14-30)15-32-25(34)16-31(28(36)37-2)17-29-26(32)21-5-3-20(4-6-21)22-7-8-24-23(13-22)10-12-38-24/h3-8,10,12-13,18-19,33H,9,11,14-17H2,1-2H3. The van der Waals surface area contributed by atoms with E-state index >= 15 is 0 Å². The van der Waals surface area contributed by atoms with Gasteiger partial charge >= 0.3 is 6.09 Å². The first-order valence-corrected chi connectivity index (χ1v) is 12.6. The molecule has 10 nitrogen and oxygen atoms in total. The summed E-state index contributed by atoms with van der Waals surface area (Å²) >= 11 is 0. The van der Waals surface area contributed by atoms with Crippen LogP contribution in [-0.4, -0.2) is 89.6 Å². The quantitative estimate of drug-likeness (QED) is 0.555. The Morgan fingerprint density at radius 3 is 2.58 bits per heavy atom. The van der Waals surface area contributed by atoms with Crippen LogP contribution in [0, 0.1) is 5.92 Å². The molecule has 0 saturated carbocycles. The summed E-state index contributed by atoms with van der Waals surface area (Å²) in [6.07, 6.45) is 0.676. The maximum Gasteiger partial charge on any atom is 0.411 e. The molecule has 2 unspecified atom stereocenters. The topological polar surface area (TPSA) is 116 Å². The summed E-state index contributed by atoms with van der Waals surface area (Å²) in [7, 11) is 1.27. The van der Waals surface area contributed by atoms with E-state index in [2.05, 4.69) is 11.1 Å². The minimum absolute atomic E-state index is 0.0116. The van der Waals surface area contributed by atoms with Crippen molar-refractivity contribution < 1.29 is 28.6 Å². The molecule has 0 spiro atoms. The lowest BCUT2D eigenvalue weighted by atomic mass is 10.0. The third-order valence-electron chi connectivity index (χ3n) is 7.03. The number of aliphatic hydroxyl groups excluding tert-OH is 1. The zero-order chi connectivity index (χ0) is 26.8. The summed E-state index contributed by atoms with van der Waals surface area (Å²) < 4.78 is 10.3. The largest absolute Gasteiger partial charge is 0.464 e. The summed E-state index contributed by atoms with van der Waals surface area (Å²) in [5.41, 5.74) is 3.60. The maximum absolute atomic E-state index is 13.4. The third-order valence-corrected chi connectivity index (χ3v) is 7.03. The molecule has 1 fully saturated rings. The number of amidine groups is 1. The second-order valence-corrected chi connectivity index (χ2v) is 9.66. The Kier molecular flexibility index (Phi) is 7.15. The lowest BCUT2D eigenvalue weighted by Gasteiger charge is -2.27. The second-order valence-electron chi connectivity index (χ2n) is 9.66. The normalized spacial score (nSPS) is 18.9. The van der Waals surface area contributed by atoms with Gasteiger partial charge in [0.15, 0.2) is 0 Å². The van der Waals surface area contributed by atoms with Crippen molar-refractivity contribution in [3.05, 3.63) is 60.4 Å². The Balaban J connectivity index is 1.41. The summed E-state index contributed by atoms with van der Waals surface area (Å²) in [5.74, 6) is -0.109. The minimum Gasteiger partial charge on any atom is -0.464 e. The Labute approximate surface area is 220 Å². The van der Waals surface area contributed by atoms with Crippen LogP contribution in [0.4, 0.5) is 4.79 Å². The molecule has 2 aliphatic heterocycles. The van der Waals surface area contributed by atoms with Gasteiger partial charge in [0.1, 0.15) is 30.7 Å². The van der Waals surface area contributed by atoms with Crippen molar-refractivity contribution in [3.8, 4) is 11.1 Å². The van der Waals surface area contributed by atoms with Crippen molar-refractivity contribution >= 4 is 34.7 Å². The van der Waals surface area contributed by atoms with Gasteiger partial charge in [-0.15, -0.1) is 0 Å². The maximum atomic E-state index is 13.4. The number of aliphatic imine (C=N–C) groups is 1. The predicted octanol–water partition coefficient (Wildman–Crippen LogP) is 2.94. The van der Waals surface area contributed by atoms with Crippen LogP contribution in [0.15, 0.2) is 64.2 Å². The molecule has 0 bridgehead atoms. The molecule has 1 aromatic heterocycles. The number of hydrogen-bond donors (Lipinski definition) is 1. The van der Waals surface area contributed by atoms with E-state index in [1.165, 1.54) is 18.9 Å². The molecule has 2 aliphatic rings. The van der Waals surface area contributed by atoms with Crippen molar-refractivity contribution in [2.24, 2.45) is 10.9 Å². The summed E-state index contributed by atoms with van der Waals surface area (Å²) in [6, 6.07) is 15.7. The van der Waals surface area contributed by atoms with Crippen LogP contribution in [0.25, 0.3) is 22.1 Å². The molecule has 1 saturated heterocycles. The van der Waals surface area contributed by atoms with E-state index in [-0.39, 0.29) is 30.9 Å². The average Bonchev–Trinajstić information content (AvgIpc) is 3.56. The number of furan rings is 1. The molecule has 2 aromatic carbocycles. The molecule has 3 heterocycles. The van der Waals surface area contributed by atoms with Crippen molar-refractivity contribution in [2.45, 2.75) is 19.4 Å².